The molecule has 0 amide bonds. The third kappa shape index (κ3) is 4.23. The maximum atomic E-state index is 8.96. The molecule has 20 heavy (non-hydrogen) atoms. The second-order valence-corrected chi connectivity index (χ2v) is 4.75. The summed E-state index contributed by atoms with van der Waals surface area (Å²) in [6, 6.07) is 2.24. The summed E-state index contributed by atoms with van der Waals surface area (Å²) < 4.78 is 0. The van der Waals surface area contributed by atoms with E-state index in [1.54, 1.807) is 0 Å². The molecular formula is C13H23N7. The normalized spacial score (nSPS) is 11.6. The van der Waals surface area contributed by atoms with Crippen LogP contribution in [0, 0.1) is 17.2 Å². The van der Waals surface area contributed by atoms with Gasteiger partial charge in [-0.25, -0.2) is 0 Å². The van der Waals surface area contributed by atoms with Crippen molar-refractivity contribution >= 4 is 17.8 Å². The smallest absolute Gasteiger partial charge is 0.231 e. The average molecular weight is 277 g/mol. The summed E-state index contributed by atoms with van der Waals surface area (Å²) >= 11 is 0. The van der Waals surface area contributed by atoms with Crippen LogP contribution in [0.4, 0.5) is 17.8 Å². The van der Waals surface area contributed by atoms with E-state index in [0.717, 1.165) is 13.1 Å². The molecule has 0 saturated heterocycles. The van der Waals surface area contributed by atoms with Crippen molar-refractivity contribution in [3.05, 3.63) is 0 Å². The van der Waals surface area contributed by atoms with Gasteiger partial charge in [-0.15, -0.1) is 0 Å². The van der Waals surface area contributed by atoms with Gasteiger partial charge in [0.25, 0.3) is 0 Å². The summed E-state index contributed by atoms with van der Waals surface area (Å²) in [5.41, 5.74) is 0. The largest absolute Gasteiger partial charge is 0.354 e. The molecule has 0 radical (unpaired) electrons. The fourth-order valence-corrected chi connectivity index (χ4v) is 1.66. The van der Waals surface area contributed by atoms with Crippen LogP contribution in [-0.2, 0) is 0 Å². The van der Waals surface area contributed by atoms with Gasteiger partial charge >= 0.3 is 0 Å². The quantitative estimate of drug-likeness (QED) is 0.805. The van der Waals surface area contributed by atoms with Crippen molar-refractivity contribution in [2.24, 2.45) is 5.92 Å². The SMILES string of the molecule is CCNc1nc(N(C)C)nc(N(CC)CC(C)C#N)n1. The van der Waals surface area contributed by atoms with Gasteiger partial charge in [-0.3, -0.25) is 0 Å². The van der Waals surface area contributed by atoms with Crippen LogP contribution in [0.25, 0.3) is 0 Å². The van der Waals surface area contributed by atoms with E-state index in [0.29, 0.717) is 24.4 Å². The molecule has 0 aliphatic rings. The molecule has 0 spiro atoms. The molecule has 110 valence electrons. The highest BCUT2D eigenvalue weighted by atomic mass is 15.3. The van der Waals surface area contributed by atoms with Crippen LogP contribution in [0.5, 0.6) is 0 Å². The van der Waals surface area contributed by atoms with Gasteiger partial charge in [0.05, 0.1) is 12.0 Å². The van der Waals surface area contributed by atoms with E-state index in [4.69, 9.17) is 5.26 Å². The van der Waals surface area contributed by atoms with Crippen molar-refractivity contribution in [1.82, 2.24) is 15.0 Å². The number of anilines is 3. The Bertz CT molecular complexity index is 466. The highest BCUT2D eigenvalue weighted by Crippen LogP contribution is 2.16. The lowest BCUT2D eigenvalue weighted by molar-refractivity contribution is 0.669. The Morgan fingerprint density at radius 1 is 1.20 bits per heavy atom. The molecule has 1 aromatic heterocycles. The number of aromatic nitrogens is 3. The maximum absolute atomic E-state index is 8.96. The van der Waals surface area contributed by atoms with Gasteiger partial charge in [-0.1, -0.05) is 0 Å². The van der Waals surface area contributed by atoms with E-state index in [1.165, 1.54) is 0 Å². The lowest BCUT2D eigenvalue weighted by atomic mass is 10.2. The van der Waals surface area contributed by atoms with Gasteiger partial charge in [0.1, 0.15) is 0 Å². The number of nitrogens with zero attached hydrogens (tertiary/aromatic N) is 6. The number of nitriles is 1. The van der Waals surface area contributed by atoms with Crippen molar-refractivity contribution in [3.63, 3.8) is 0 Å². The molecule has 0 aromatic carbocycles. The molecule has 1 aromatic rings. The van der Waals surface area contributed by atoms with Crippen molar-refractivity contribution < 1.29 is 0 Å². The monoisotopic (exact) mass is 277 g/mol. The second-order valence-electron chi connectivity index (χ2n) is 4.75. The summed E-state index contributed by atoms with van der Waals surface area (Å²) in [5.74, 6) is 1.69. The average Bonchev–Trinajstić information content (AvgIpc) is 2.44. The Morgan fingerprint density at radius 2 is 1.85 bits per heavy atom. The van der Waals surface area contributed by atoms with Crippen LogP contribution in [0.2, 0.25) is 0 Å². The zero-order chi connectivity index (χ0) is 15.1. The van der Waals surface area contributed by atoms with Gasteiger partial charge in [0, 0.05) is 33.7 Å². The molecule has 0 fully saturated rings. The summed E-state index contributed by atoms with van der Waals surface area (Å²) in [4.78, 5) is 17.0. The van der Waals surface area contributed by atoms with Crippen molar-refractivity contribution in [1.29, 1.82) is 5.26 Å². The predicted octanol–water partition coefficient (Wildman–Crippen LogP) is 1.36. The van der Waals surface area contributed by atoms with Crippen molar-refractivity contribution in [2.75, 3.05) is 48.8 Å². The first-order valence-corrected chi connectivity index (χ1v) is 6.83. The Hall–Kier alpha value is -2.10. The van der Waals surface area contributed by atoms with E-state index >= 15 is 0 Å². The highest BCUT2D eigenvalue weighted by molar-refractivity contribution is 5.44. The number of nitrogens with one attached hydrogen (secondary N) is 1. The van der Waals surface area contributed by atoms with Gasteiger partial charge in [-0.05, 0) is 20.8 Å². The topological polar surface area (TPSA) is 81.0 Å². The second kappa shape index (κ2) is 7.48. The Morgan fingerprint density at radius 3 is 2.35 bits per heavy atom. The molecule has 0 saturated carbocycles. The van der Waals surface area contributed by atoms with Crippen LogP contribution in [0.3, 0.4) is 0 Å². The van der Waals surface area contributed by atoms with Gasteiger partial charge in [0.2, 0.25) is 17.8 Å². The van der Waals surface area contributed by atoms with Crippen molar-refractivity contribution in [3.8, 4) is 6.07 Å². The highest BCUT2D eigenvalue weighted by Gasteiger charge is 2.15. The molecule has 1 unspecified atom stereocenters. The van der Waals surface area contributed by atoms with E-state index in [1.807, 2.05) is 44.7 Å². The van der Waals surface area contributed by atoms with E-state index in [9.17, 15) is 0 Å². The molecule has 1 atom stereocenters. The first-order chi connectivity index (χ1) is 9.51. The van der Waals surface area contributed by atoms with Crippen LogP contribution in [-0.4, -0.2) is 48.7 Å². The number of rotatable bonds is 7. The molecule has 1 heterocycles. The van der Waals surface area contributed by atoms with Crippen molar-refractivity contribution in [2.45, 2.75) is 20.8 Å². The molecule has 0 aliphatic heterocycles. The van der Waals surface area contributed by atoms with E-state index < -0.39 is 0 Å². The summed E-state index contributed by atoms with van der Waals surface area (Å²) in [7, 11) is 3.78. The molecule has 0 bridgehead atoms. The minimum absolute atomic E-state index is 0.0721. The van der Waals surface area contributed by atoms with Gasteiger partial charge < -0.3 is 15.1 Å². The molecule has 7 nitrogen and oxygen atoms in total. The minimum Gasteiger partial charge on any atom is -0.354 e. The first-order valence-electron chi connectivity index (χ1n) is 6.83. The molecular weight excluding hydrogens is 254 g/mol. The summed E-state index contributed by atoms with van der Waals surface area (Å²) in [6.45, 7) is 8.01. The fourth-order valence-electron chi connectivity index (χ4n) is 1.66. The Balaban J connectivity index is 3.10. The van der Waals surface area contributed by atoms with Crippen LogP contribution < -0.4 is 15.1 Å². The van der Waals surface area contributed by atoms with Gasteiger partial charge in [-0.2, -0.15) is 20.2 Å². The third-order valence-corrected chi connectivity index (χ3v) is 2.73. The molecule has 1 N–H and O–H groups in total. The Kier molecular flexibility index (Phi) is 5.97. The minimum atomic E-state index is -0.0721. The first kappa shape index (κ1) is 16.0. The zero-order valence-electron chi connectivity index (χ0n) is 12.9. The van der Waals surface area contributed by atoms with Gasteiger partial charge in [0.15, 0.2) is 0 Å². The standard InChI is InChI=1S/C13H23N7/c1-6-15-11-16-12(19(4)5)18-13(17-11)20(7-2)9-10(3)8-14/h10H,6-7,9H2,1-5H3,(H,15,16,17,18). The lowest BCUT2D eigenvalue weighted by Crippen LogP contribution is -2.30. The zero-order valence-corrected chi connectivity index (χ0v) is 12.9. The number of hydrogen-bond donors (Lipinski definition) is 1. The van der Waals surface area contributed by atoms with E-state index in [-0.39, 0.29) is 5.92 Å². The van der Waals surface area contributed by atoms with Crippen LogP contribution >= 0.6 is 0 Å². The molecule has 7 heteroatoms. The molecule has 0 aliphatic carbocycles. The Labute approximate surface area is 120 Å². The third-order valence-electron chi connectivity index (χ3n) is 2.73. The van der Waals surface area contributed by atoms with Crippen LogP contribution in [0.15, 0.2) is 0 Å². The predicted molar refractivity (Wildman–Crippen MR) is 81.0 cm³/mol. The fraction of sp³-hybridized carbons (Fsp3) is 0.692. The summed E-state index contributed by atoms with van der Waals surface area (Å²) in [5, 5.41) is 12.1. The van der Waals surface area contributed by atoms with E-state index in [2.05, 4.69) is 26.3 Å². The van der Waals surface area contributed by atoms with Crippen LogP contribution in [0.1, 0.15) is 20.8 Å². The number of hydrogen-bond acceptors (Lipinski definition) is 7. The molecule has 1 rings (SSSR count). The summed E-state index contributed by atoms with van der Waals surface area (Å²) in [6.07, 6.45) is 0. The maximum Gasteiger partial charge on any atom is 0.231 e. The lowest BCUT2D eigenvalue weighted by Gasteiger charge is -2.23.